The Balaban J connectivity index is 0.000000214. The minimum absolute atomic E-state index is 1.02. The van der Waals surface area contributed by atoms with Crippen molar-refractivity contribution >= 4 is 11.4 Å². The van der Waals surface area contributed by atoms with Gasteiger partial charge in [-0.3, -0.25) is 0 Å². The highest BCUT2D eigenvalue weighted by Gasteiger charge is 2.17. The van der Waals surface area contributed by atoms with E-state index < -0.39 is 0 Å². The Hall–Kier alpha value is -1.96. The predicted molar refractivity (Wildman–Crippen MR) is 135 cm³/mol. The number of hydrogen-bond donors (Lipinski definition) is 0. The highest BCUT2D eigenvalue weighted by atomic mass is 15.1. The molecule has 30 heavy (non-hydrogen) atoms. The van der Waals surface area contributed by atoms with Crippen LogP contribution in [0.1, 0.15) is 72.1 Å². The summed E-state index contributed by atoms with van der Waals surface area (Å²) in [5, 5.41) is 0. The standard InChI is InChI=1S/C14H21N.C14H23N/c1-2-15(12-11-13-7-6-8-13)14-9-4-3-5-10-14;1-3-5-12-15(13-6-4-2)14-10-8-7-9-11-14/h3-5,9-10,13H,2,6-8,11-12H2,1H3;7-11H,3-6,12-13H2,1-2H3. The first-order valence-corrected chi connectivity index (χ1v) is 12.4. The molecule has 3 rings (SSSR count). The van der Waals surface area contributed by atoms with E-state index in [4.69, 9.17) is 0 Å². The van der Waals surface area contributed by atoms with Gasteiger partial charge in [0, 0.05) is 37.6 Å². The fraction of sp³-hybridized carbons (Fsp3) is 0.571. The number of rotatable bonds is 12. The summed E-state index contributed by atoms with van der Waals surface area (Å²) in [6.07, 6.45) is 10.9. The molecule has 0 bridgehead atoms. The van der Waals surface area contributed by atoms with Gasteiger partial charge in [0.05, 0.1) is 0 Å². The normalized spacial score (nSPS) is 13.2. The molecule has 2 aromatic carbocycles. The summed E-state index contributed by atoms with van der Waals surface area (Å²) in [5.74, 6) is 1.02. The first-order chi connectivity index (χ1) is 14.8. The SMILES string of the molecule is CCCCN(CCCC)c1ccccc1.CCN(CCC1CCC1)c1ccccc1. The first-order valence-electron chi connectivity index (χ1n) is 12.4. The van der Waals surface area contributed by atoms with Gasteiger partial charge in [-0.25, -0.2) is 0 Å². The molecule has 1 aliphatic rings. The molecule has 1 aliphatic carbocycles. The molecule has 0 heterocycles. The van der Waals surface area contributed by atoms with Gasteiger partial charge in [-0.2, -0.15) is 0 Å². The maximum atomic E-state index is 2.51. The van der Waals surface area contributed by atoms with Crippen molar-refractivity contribution in [3.8, 4) is 0 Å². The lowest BCUT2D eigenvalue weighted by Crippen LogP contribution is -2.27. The molecular formula is C28H44N2. The van der Waals surface area contributed by atoms with Crippen LogP contribution in [0.3, 0.4) is 0 Å². The van der Waals surface area contributed by atoms with Crippen LogP contribution in [0.15, 0.2) is 60.7 Å². The van der Waals surface area contributed by atoms with Crippen LogP contribution in [0.2, 0.25) is 0 Å². The fourth-order valence-electron chi connectivity index (χ4n) is 3.94. The Kier molecular flexibility index (Phi) is 12.1. The average molecular weight is 409 g/mol. The third-order valence-electron chi connectivity index (χ3n) is 6.22. The third kappa shape index (κ3) is 8.81. The van der Waals surface area contributed by atoms with E-state index in [9.17, 15) is 0 Å². The molecule has 0 aromatic heterocycles. The summed E-state index contributed by atoms with van der Waals surface area (Å²) >= 11 is 0. The molecule has 2 nitrogen and oxygen atoms in total. The molecule has 0 saturated heterocycles. The molecule has 0 radical (unpaired) electrons. The third-order valence-corrected chi connectivity index (χ3v) is 6.22. The van der Waals surface area contributed by atoms with Crippen LogP contribution in [0.5, 0.6) is 0 Å². The summed E-state index contributed by atoms with van der Waals surface area (Å²) in [4.78, 5) is 4.99. The van der Waals surface area contributed by atoms with Gasteiger partial charge in [-0.1, -0.05) is 82.3 Å². The minimum atomic E-state index is 1.02. The van der Waals surface area contributed by atoms with Crippen LogP contribution in [0, 0.1) is 5.92 Å². The molecule has 0 amide bonds. The Morgan fingerprint density at radius 3 is 1.57 bits per heavy atom. The zero-order chi connectivity index (χ0) is 21.4. The Morgan fingerprint density at radius 2 is 1.17 bits per heavy atom. The summed E-state index contributed by atoms with van der Waals surface area (Å²) in [5.41, 5.74) is 2.75. The first kappa shape index (κ1) is 24.3. The van der Waals surface area contributed by atoms with Crippen molar-refractivity contribution in [2.75, 3.05) is 36.0 Å². The molecule has 1 saturated carbocycles. The van der Waals surface area contributed by atoms with Crippen LogP contribution in [0.25, 0.3) is 0 Å². The van der Waals surface area contributed by atoms with E-state index in [0.717, 1.165) is 12.5 Å². The predicted octanol–water partition coefficient (Wildman–Crippen LogP) is 7.80. The second-order valence-corrected chi connectivity index (χ2v) is 8.53. The minimum Gasteiger partial charge on any atom is -0.372 e. The van der Waals surface area contributed by atoms with E-state index >= 15 is 0 Å². The van der Waals surface area contributed by atoms with Gasteiger partial charge in [-0.15, -0.1) is 0 Å². The van der Waals surface area contributed by atoms with Crippen molar-refractivity contribution in [2.45, 2.75) is 72.1 Å². The monoisotopic (exact) mass is 408 g/mol. The smallest absolute Gasteiger partial charge is 0.0366 e. The molecule has 1 fully saturated rings. The Morgan fingerprint density at radius 1 is 0.667 bits per heavy atom. The second kappa shape index (κ2) is 14.9. The van der Waals surface area contributed by atoms with Crippen LogP contribution < -0.4 is 9.80 Å². The fourth-order valence-corrected chi connectivity index (χ4v) is 3.94. The number of hydrogen-bond acceptors (Lipinski definition) is 2. The molecule has 2 aromatic rings. The quantitative estimate of drug-likeness (QED) is 0.353. The lowest BCUT2D eigenvalue weighted by Gasteiger charge is -2.30. The van der Waals surface area contributed by atoms with Crippen LogP contribution in [-0.4, -0.2) is 26.2 Å². The molecule has 2 heteroatoms. The molecule has 0 N–H and O–H groups in total. The van der Waals surface area contributed by atoms with Gasteiger partial charge in [0.1, 0.15) is 0 Å². The molecule has 0 spiro atoms. The van der Waals surface area contributed by atoms with Crippen molar-refractivity contribution in [1.29, 1.82) is 0 Å². The number of para-hydroxylation sites is 2. The summed E-state index contributed by atoms with van der Waals surface area (Å²) in [6, 6.07) is 21.5. The maximum absolute atomic E-state index is 2.51. The molecule has 166 valence electrons. The molecule has 0 unspecified atom stereocenters. The van der Waals surface area contributed by atoms with Crippen molar-refractivity contribution in [3.63, 3.8) is 0 Å². The summed E-state index contributed by atoms with van der Waals surface area (Å²) < 4.78 is 0. The number of nitrogens with zero attached hydrogens (tertiary/aromatic N) is 2. The lowest BCUT2D eigenvalue weighted by molar-refractivity contribution is 0.298. The van der Waals surface area contributed by atoms with Gasteiger partial charge >= 0.3 is 0 Å². The van der Waals surface area contributed by atoms with E-state index in [0.29, 0.717) is 0 Å². The Bertz CT molecular complexity index is 628. The van der Waals surface area contributed by atoms with Crippen molar-refractivity contribution in [1.82, 2.24) is 0 Å². The second-order valence-electron chi connectivity index (χ2n) is 8.53. The van der Waals surface area contributed by atoms with Gasteiger partial charge in [0.25, 0.3) is 0 Å². The number of benzene rings is 2. The van der Waals surface area contributed by atoms with Crippen LogP contribution >= 0.6 is 0 Å². The van der Waals surface area contributed by atoms with E-state index in [-0.39, 0.29) is 0 Å². The number of unbranched alkanes of at least 4 members (excludes halogenated alkanes) is 2. The summed E-state index contributed by atoms with van der Waals surface area (Å²) in [6.45, 7) is 11.5. The van der Waals surface area contributed by atoms with Crippen LogP contribution in [-0.2, 0) is 0 Å². The zero-order valence-corrected chi connectivity index (χ0v) is 19.7. The topological polar surface area (TPSA) is 6.48 Å². The van der Waals surface area contributed by atoms with Crippen LogP contribution in [0.4, 0.5) is 11.4 Å². The van der Waals surface area contributed by atoms with Gasteiger partial charge in [0.2, 0.25) is 0 Å². The molecular weight excluding hydrogens is 364 g/mol. The van der Waals surface area contributed by atoms with Crippen molar-refractivity contribution < 1.29 is 0 Å². The maximum Gasteiger partial charge on any atom is 0.0366 e. The average Bonchev–Trinajstić information content (AvgIpc) is 2.77. The van der Waals surface area contributed by atoms with Gasteiger partial charge < -0.3 is 9.80 Å². The zero-order valence-electron chi connectivity index (χ0n) is 19.7. The van der Waals surface area contributed by atoms with E-state index in [1.807, 2.05) is 0 Å². The van der Waals surface area contributed by atoms with E-state index in [1.54, 1.807) is 0 Å². The largest absolute Gasteiger partial charge is 0.372 e. The Labute approximate surface area is 186 Å². The lowest BCUT2D eigenvalue weighted by atomic mass is 9.83. The van der Waals surface area contributed by atoms with Crippen molar-refractivity contribution in [2.24, 2.45) is 5.92 Å². The number of anilines is 2. The summed E-state index contributed by atoms with van der Waals surface area (Å²) in [7, 11) is 0. The van der Waals surface area contributed by atoms with E-state index in [2.05, 4.69) is 91.2 Å². The highest BCUT2D eigenvalue weighted by molar-refractivity contribution is 5.46. The van der Waals surface area contributed by atoms with Gasteiger partial charge in [-0.05, 0) is 56.4 Å². The molecule has 0 aliphatic heterocycles. The van der Waals surface area contributed by atoms with E-state index in [1.165, 1.54) is 82.4 Å². The van der Waals surface area contributed by atoms with Gasteiger partial charge in [0.15, 0.2) is 0 Å². The van der Waals surface area contributed by atoms with Crippen molar-refractivity contribution in [3.05, 3.63) is 60.7 Å². The molecule has 0 atom stereocenters. The highest BCUT2D eigenvalue weighted by Crippen LogP contribution is 2.30.